The van der Waals surface area contributed by atoms with Crippen molar-refractivity contribution in [1.82, 2.24) is 14.7 Å². The molecule has 0 bridgehead atoms. The van der Waals surface area contributed by atoms with Crippen LogP contribution in [0.25, 0.3) is 0 Å². The molecule has 4 aliphatic rings. The zero-order valence-electron chi connectivity index (χ0n) is 16.1. The van der Waals surface area contributed by atoms with Gasteiger partial charge in [-0.15, -0.1) is 0 Å². The van der Waals surface area contributed by atoms with Crippen LogP contribution in [0.3, 0.4) is 0 Å². The molecule has 32 heavy (non-hydrogen) atoms. The number of rotatable bonds is 3. The Morgan fingerprint density at radius 1 is 0.562 bits per heavy atom. The second-order valence-corrected chi connectivity index (χ2v) is 9.50. The largest absolute Gasteiger partial charge is 0.466 e. The molecule has 0 radical (unpaired) electrons. The summed E-state index contributed by atoms with van der Waals surface area (Å²) in [5, 5.41) is 0. The first-order valence-electron chi connectivity index (χ1n) is 8.40. The summed E-state index contributed by atoms with van der Waals surface area (Å²) in [5.74, 6) is 0.0485. The van der Waals surface area contributed by atoms with Crippen molar-refractivity contribution < 1.29 is 67.3 Å². The number of hydrogen-bond donors (Lipinski definition) is 9. The van der Waals surface area contributed by atoms with Gasteiger partial charge in [-0.3, -0.25) is 9.59 Å². The molecule has 17 nitrogen and oxygen atoms in total. The molecule has 0 unspecified atom stereocenters. The van der Waals surface area contributed by atoms with Crippen LogP contribution in [0.4, 0.5) is 0 Å². The average Bonchev–Trinajstić information content (AvgIpc) is 3.40. The minimum absolute atomic E-state index is 0.00546. The van der Waals surface area contributed by atoms with E-state index < -0.39 is 23.5 Å². The topological polar surface area (TPSA) is 276 Å². The van der Waals surface area contributed by atoms with Crippen molar-refractivity contribution in [2.75, 3.05) is 39.3 Å². The van der Waals surface area contributed by atoms with Crippen molar-refractivity contribution in [2.45, 2.75) is 0 Å². The first-order valence-corrected chi connectivity index (χ1v) is 13.1. The summed E-state index contributed by atoms with van der Waals surface area (Å²) >= 11 is 0. The molecule has 3 heterocycles. The highest BCUT2D eigenvalue weighted by Crippen LogP contribution is 2.34. The average molecular weight is 525 g/mol. The Bertz CT molecular complexity index is 862. The molecule has 9 N–H and O–H groups in total. The fourth-order valence-electron chi connectivity index (χ4n) is 2.28. The molecule has 184 valence electrons. The molecule has 3 fully saturated rings. The Morgan fingerprint density at radius 3 is 1.12 bits per heavy atom. The van der Waals surface area contributed by atoms with E-state index in [1.54, 1.807) is 0 Å². The maximum absolute atomic E-state index is 12.4. The van der Waals surface area contributed by atoms with Crippen LogP contribution in [0.15, 0.2) is 23.2 Å². The third-order valence-electron chi connectivity index (χ3n) is 3.49. The van der Waals surface area contributed by atoms with Crippen molar-refractivity contribution in [2.24, 2.45) is 0 Å². The quantitative estimate of drug-likeness (QED) is 0.0977. The fourth-order valence-corrected chi connectivity index (χ4v) is 2.28. The molecule has 0 aromatic rings. The van der Waals surface area contributed by atoms with Crippen molar-refractivity contribution in [1.29, 1.82) is 0 Å². The number of hydrogen-bond acceptors (Lipinski definition) is 8. The predicted octanol–water partition coefficient (Wildman–Crippen LogP) is -3.61. The van der Waals surface area contributed by atoms with Gasteiger partial charge in [0.15, 0.2) is 0 Å². The Morgan fingerprint density at radius 2 is 0.844 bits per heavy atom. The summed E-state index contributed by atoms with van der Waals surface area (Å²) in [6.07, 6.45) is 1.52. The number of nitrogens with zero attached hydrogens (tertiary/aromatic N) is 3. The van der Waals surface area contributed by atoms with Crippen LogP contribution in [0.2, 0.25) is 0 Å². The lowest BCUT2D eigenvalue weighted by atomic mass is 10.0. The Hall–Kier alpha value is -1.45. The van der Waals surface area contributed by atoms with Gasteiger partial charge in [-0.1, -0.05) is 0 Å². The first kappa shape index (κ1) is 28.6. The van der Waals surface area contributed by atoms with Crippen LogP contribution >= 0.6 is 23.5 Å². The number of phosphoric acid groups is 3. The second kappa shape index (κ2) is 10.7. The molecule has 3 aliphatic heterocycles. The van der Waals surface area contributed by atoms with Crippen molar-refractivity contribution in [3.63, 3.8) is 0 Å². The zero-order chi connectivity index (χ0) is 25.1. The smallest absolute Gasteiger partial charge is 0.365 e. The molecular formula is C12H22N3O14P3. The van der Waals surface area contributed by atoms with Crippen molar-refractivity contribution in [3.8, 4) is 0 Å². The van der Waals surface area contributed by atoms with Gasteiger partial charge >= 0.3 is 23.5 Å². The van der Waals surface area contributed by atoms with E-state index in [0.717, 1.165) is 39.3 Å². The van der Waals surface area contributed by atoms with Crippen LogP contribution < -0.4 is 0 Å². The SMILES string of the molecule is O=C1C=C(N2CC2)C(=O)C(N2CC2)=C1N1CC1.O=P(O)(O)O.O=P(O)(O)O.O=P(O)(O)O. The lowest BCUT2D eigenvalue weighted by Crippen LogP contribution is -2.29. The van der Waals surface area contributed by atoms with Gasteiger partial charge in [0.05, 0.1) is 5.70 Å². The Balaban J connectivity index is 0.000000284. The summed E-state index contributed by atoms with van der Waals surface area (Å²) in [5.41, 5.74) is 1.89. The van der Waals surface area contributed by atoms with Crippen LogP contribution in [0, 0.1) is 0 Å². The molecule has 3 saturated heterocycles. The number of ketones is 2. The van der Waals surface area contributed by atoms with E-state index in [1.165, 1.54) is 6.08 Å². The Labute approximate surface area is 180 Å². The van der Waals surface area contributed by atoms with Gasteiger partial charge < -0.3 is 58.7 Å². The minimum atomic E-state index is -4.64. The molecule has 0 saturated carbocycles. The van der Waals surface area contributed by atoms with E-state index in [2.05, 4.69) is 0 Å². The fraction of sp³-hybridized carbons (Fsp3) is 0.500. The number of Topliss-reactive ketones (excluding diaryl/α,β-unsaturated/α-hetero) is 1. The van der Waals surface area contributed by atoms with E-state index >= 15 is 0 Å². The van der Waals surface area contributed by atoms with Crippen LogP contribution in [-0.4, -0.2) is 110 Å². The highest BCUT2D eigenvalue weighted by molar-refractivity contribution is 7.45. The lowest BCUT2D eigenvalue weighted by Gasteiger charge is -2.21. The molecule has 0 amide bonds. The maximum atomic E-state index is 12.4. The highest BCUT2D eigenvalue weighted by atomic mass is 31.2. The van der Waals surface area contributed by atoms with Gasteiger partial charge in [0, 0.05) is 45.3 Å². The van der Waals surface area contributed by atoms with Crippen molar-refractivity contribution >= 4 is 35.0 Å². The molecule has 4 rings (SSSR count). The standard InChI is InChI=1S/C12H13N3O2.3H3O4P/c16-9-7-8(13-1-2-13)12(17)11(15-5-6-15)10(9)14-3-4-14;3*1-5(2,3)4/h7H,1-6H2;3*(H3,1,2,3,4). The number of carbonyl (C=O) groups excluding carboxylic acids is 2. The van der Waals surface area contributed by atoms with Gasteiger partial charge in [0.25, 0.3) is 0 Å². The molecule has 0 atom stereocenters. The van der Waals surface area contributed by atoms with E-state index in [9.17, 15) is 9.59 Å². The maximum Gasteiger partial charge on any atom is 0.466 e. The lowest BCUT2D eigenvalue weighted by molar-refractivity contribution is -0.117. The van der Waals surface area contributed by atoms with Gasteiger partial charge in [-0.25, -0.2) is 13.7 Å². The van der Waals surface area contributed by atoms with Gasteiger partial charge in [0.2, 0.25) is 11.6 Å². The van der Waals surface area contributed by atoms with Gasteiger partial charge in [0.1, 0.15) is 11.4 Å². The van der Waals surface area contributed by atoms with Gasteiger partial charge in [-0.2, -0.15) is 0 Å². The van der Waals surface area contributed by atoms with Gasteiger partial charge in [-0.05, 0) is 0 Å². The van der Waals surface area contributed by atoms with E-state index in [0.29, 0.717) is 17.1 Å². The van der Waals surface area contributed by atoms with Crippen LogP contribution in [-0.2, 0) is 23.3 Å². The zero-order valence-corrected chi connectivity index (χ0v) is 18.8. The van der Waals surface area contributed by atoms with Crippen LogP contribution in [0.5, 0.6) is 0 Å². The summed E-state index contributed by atoms with van der Waals surface area (Å²) in [7, 11) is -13.9. The normalized spacial score (nSPS) is 19.7. The summed E-state index contributed by atoms with van der Waals surface area (Å²) in [6, 6.07) is 0. The molecule has 0 aromatic carbocycles. The molecule has 0 spiro atoms. The molecular weight excluding hydrogens is 503 g/mol. The second-order valence-electron chi connectivity index (χ2n) is 6.42. The summed E-state index contributed by atoms with van der Waals surface area (Å²) in [6.45, 7) is 5.41. The van der Waals surface area contributed by atoms with E-state index in [4.69, 9.17) is 57.7 Å². The third-order valence-corrected chi connectivity index (χ3v) is 3.49. The van der Waals surface area contributed by atoms with Crippen molar-refractivity contribution in [3.05, 3.63) is 23.2 Å². The molecule has 1 aliphatic carbocycles. The number of carbonyl (C=O) groups is 2. The molecule has 20 heteroatoms. The number of allylic oxidation sites excluding steroid dienone is 1. The van der Waals surface area contributed by atoms with Crippen LogP contribution in [0.1, 0.15) is 0 Å². The van der Waals surface area contributed by atoms with E-state index in [-0.39, 0.29) is 11.6 Å². The van der Waals surface area contributed by atoms with E-state index in [1.807, 2.05) is 14.7 Å². The Kier molecular flexibility index (Phi) is 9.52. The summed E-state index contributed by atoms with van der Waals surface area (Å²) in [4.78, 5) is 95.2. The highest BCUT2D eigenvalue weighted by Gasteiger charge is 2.43. The third kappa shape index (κ3) is 13.9. The first-order chi connectivity index (χ1) is 14.3. The monoisotopic (exact) mass is 525 g/mol. The summed E-state index contributed by atoms with van der Waals surface area (Å²) < 4.78 is 26.6. The minimum Gasteiger partial charge on any atom is -0.365 e. The molecule has 0 aromatic heterocycles. The predicted molar refractivity (Wildman–Crippen MR) is 103 cm³/mol.